The topological polar surface area (TPSA) is 66.5 Å². The number of hydrogen-bond donors (Lipinski definition) is 1. The molecule has 1 N–H and O–H groups in total. The van der Waals surface area contributed by atoms with Gasteiger partial charge >= 0.3 is 0 Å². The molecule has 0 spiro atoms. The third kappa shape index (κ3) is 4.17. The van der Waals surface area contributed by atoms with Crippen LogP contribution in [0.15, 0.2) is 30.3 Å². The number of sulfonamides is 1. The fourth-order valence-electron chi connectivity index (χ4n) is 3.37. The van der Waals surface area contributed by atoms with Crippen molar-refractivity contribution in [1.82, 2.24) is 5.32 Å². The van der Waals surface area contributed by atoms with Gasteiger partial charge in [-0.05, 0) is 49.0 Å². The van der Waals surface area contributed by atoms with Crippen molar-refractivity contribution in [3.63, 3.8) is 0 Å². The van der Waals surface area contributed by atoms with Gasteiger partial charge in [-0.15, -0.1) is 0 Å². The first-order valence-electron chi connectivity index (χ1n) is 8.61. The van der Waals surface area contributed by atoms with Gasteiger partial charge in [0.25, 0.3) is 0 Å². The van der Waals surface area contributed by atoms with Crippen molar-refractivity contribution in [1.29, 1.82) is 0 Å². The van der Waals surface area contributed by atoms with E-state index in [0.717, 1.165) is 12.1 Å². The van der Waals surface area contributed by atoms with E-state index in [4.69, 9.17) is 0 Å². The van der Waals surface area contributed by atoms with Crippen molar-refractivity contribution < 1.29 is 13.2 Å². The van der Waals surface area contributed by atoms with Gasteiger partial charge in [-0.1, -0.05) is 25.0 Å². The normalized spacial score (nSPS) is 20.8. The quantitative estimate of drug-likeness (QED) is 0.832. The van der Waals surface area contributed by atoms with Gasteiger partial charge in [0.15, 0.2) is 0 Å². The second-order valence-corrected chi connectivity index (χ2v) is 8.58. The molecule has 1 amide bonds. The molecule has 1 saturated carbocycles. The molecule has 0 atom stereocenters. The van der Waals surface area contributed by atoms with E-state index in [2.05, 4.69) is 5.32 Å². The Balaban J connectivity index is 1.54. The lowest BCUT2D eigenvalue weighted by Gasteiger charge is -2.16. The summed E-state index contributed by atoms with van der Waals surface area (Å²) in [6.07, 6.45) is 8.94. The lowest BCUT2D eigenvalue weighted by atomic mass is 10.1. The van der Waals surface area contributed by atoms with E-state index in [1.807, 2.05) is 12.1 Å². The SMILES string of the molecule is O=C(C=Cc1ccc(N2CCCS2(=O)=O)cc1)NCC1CCCC1. The first kappa shape index (κ1) is 17.0. The smallest absolute Gasteiger partial charge is 0.244 e. The third-order valence-corrected chi connectivity index (χ3v) is 6.62. The van der Waals surface area contributed by atoms with Crippen molar-refractivity contribution >= 4 is 27.7 Å². The second-order valence-electron chi connectivity index (χ2n) is 6.56. The summed E-state index contributed by atoms with van der Waals surface area (Å²) in [4.78, 5) is 11.8. The molecule has 0 unspecified atom stereocenters. The summed E-state index contributed by atoms with van der Waals surface area (Å²) in [5, 5.41) is 2.95. The van der Waals surface area contributed by atoms with Crippen LogP contribution < -0.4 is 9.62 Å². The standard InChI is InChI=1S/C18H24N2O3S/c21-18(19-14-16-4-1-2-5-16)11-8-15-6-9-17(10-7-15)20-12-3-13-24(20,22)23/h6-11,16H,1-5,12-14H2,(H,19,21). The van der Waals surface area contributed by atoms with Gasteiger partial charge in [-0.25, -0.2) is 8.42 Å². The average molecular weight is 348 g/mol. The molecule has 1 aromatic carbocycles. The Labute approximate surface area is 143 Å². The molecule has 130 valence electrons. The van der Waals surface area contributed by atoms with E-state index < -0.39 is 10.0 Å². The number of carbonyl (C=O) groups excluding carboxylic acids is 1. The zero-order valence-electron chi connectivity index (χ0n) is 13.8. The van der Waals surface area contributed by atoms with Crippen molar-refractivity contribution in [2.45, 2.75) is 32.1 Å². The van der Waals surface area contributed by atoms with Gasteiger partial charge in [-0.2, -0.15) is 0 Å². The summed E-state index contributed by atoms with van der Waals surface area (Å²) in [5.74, 6) is 0.771. The van der Waals surface area contributed by atoms with Gasteiger partial charge in [0.2, 0.25) is 15.9 Å². The summed E-state index contributed by atoms with van der Waals surface area (Å²) in [5.41, 5.74) is 1.57. The summed E-state index contributed by atoms with van der Waals surface area (Å²) >= 11 is 0. The highest BCUT2D eigenvalue weighted by atomic mass is 32.2. The monoisotopic (exact) mass is 348 g/mol. The molecule has 1 aromatic rings. The van der Waals surface area contributed by atoms with Gasteiger partial charge < -0.3 is 5.32 Å². The van der Waals surface area contributed by atoms with E-state index in [1.54, 1.807) is 18.2 Å². The van der Waals surface area contributed by atoms with Crippen LogP contribution in [0.3, 0.4) is 0 Å². The van der Waals surface area contributed by atoms with Gasteiger partial charge in [0, 0.05) is 19.2 Å². The molecule has 6 heteroatoms. The fourth-order valence-corrected chi connectivity index (χ4v) is 4.94. The Morgan fingerprint density at radius 3 is 2.50 bits per heavy atom. The zero-order valence-corrected chi connectivity index (χ0v) is 14.6. The lowest BCUT2D eigenvalue weighted by Crippen LogP contribution is -2.26. The van der Waals surface area contributed by atoms with Crippen molar-refractivity contribution in [2.75, 3.05) is 23.1 Å². The fraction of sp³-hybridized carbons (Fsp3) is 0.500. The molecule has 0 aromatic heterocycles. The maximum Gasteiger partial charge on any atom is 0.244 e. The molecule has 0 bridgehead atoms. The number of carbonyl (C=O) groups is 1. The minimum atomic E-state index is -3.14. The Kier molecular flexibility index (Phi) is 5.23. The van der Waals surface area contributed by atoms with Crippen LogP contribution in [-0.2, 0) is 14.8 Å². The number of nitrogens with zero attached hydrogens (tertiary/aromatic N) is 1. The third-order valence-electron chi connectivity index (χ3n) is 4.75. The van der Waals surface area contributed by atoms with E-state index >= 15 is 0 Å². The lowest BCUT2D eigenvalue weighted by molar-refractivity contribution is -0.116. The molecule has 1 aliphatic carbocycles. The molecule has 5 nitrogen and oxygen atoms in total. The first-order valence-corrected chi connectivity index (χ1v) is 10.2. The van der Waals surface area contributed by atoms with Crippen molar-refractivity contribution in [3.05, 3.63) is 35.9 Å². The minimum Gasteiger partial charge on any atom is -0.352 e. The summed E-state index contributed by atoms with van der Waals surface area (Å²) in [7, 11) is -3.14. The van der Waals surface area contributed by atoms with Crippen LogP contribution in [0, 0.1) is 5.92 Å². The largest absolute Gasteiger partial charge is 0.352 e. The van der Waals surface area contributed by atoms with Crippen LogP contribution in [0.5, 0.6) is 0 Å². The van der Waals surface area contributed by atoms with E-state index in [1.165, 1.54) is 36.1 Å². The van der Waals surface area contributed by atoms with Gasteiger partial charge in [-0.3, -0.25) is 9.10 Å². The van der Waals surface area contributed by atoms with Crippen LogP contribution in [0.25, 0.3) is 6.08 Å². The van der Waals surface area contributed by atoms with Crippen LogP contribution in [0.2, 0.25) is 0 Å². The number of anilines is 1. The number of amides is 1. The molecule has 2 fully saturated rings. The van der Waals surface area contributed by atoms with Crippen LogP contribution >= 0.6 is 0 Å². The predicted molar refractivity (Wildman–Crippen MR) is 96.2 cm³/mol. The summed E-state index contributed by atoms with van der Waals surface area (Å²) in [6.45, 7) is 1.30. The van der Waals surface area contributed by atoms with E-state index in [9.17, 15) is 13.2 Å². The Bertz CT molecular complexity index is 704. The second kappa shape index (κ2) is 7.38. The molecule has 0 radical (unpaired) electrons. The maximum absolute atomic E-state index is 11.9. The maximum atomic E-state index is 11.9. The highest BCUT2D eigenvalue weighted by Gasteiger charge is 2.28. The molecule has 1 saturated heterocycles. The number of rotatable bonds is 5. The number of nitrogens with one attached hydrogen (secondary N) is 1. The van der Waals surface area contributed by atoms with Crippen molar-refractivity contribution in [3.8, 4) is 0 Å². The van der Waals surface area contributed by atoms with Crippen LogP contribution in [0.4, 0.5) is 5.69 Å². The molecular weight excluding hydrogens is 324 g/mol. The van der Waals surface area contributed by atoms with Gasteiger partial charge in [0.1, 0.15) is 0 Å². The average Bonchev–Trinajstić information content (AvgIpc) is 3.20. The number of benzene rings is 1. The Morgan fingerprint density at radius 2 is 1.88 bits per heavy atom. The predicted octanol–water partition coefficient (Wildman–Crippen LogP) is 2.55. The van der Waals surface area contributed by atoms with Crippen LogP contribution in [-0.4, -0.2) is 33.2 Å². The van der Waals surface area contributed by atoms with Gasteiger partial charge in [0.05, 0.1) is 11.4 Å². The highest BCUT2D eigenvalue weighted by Crippen LogP contribution is 2.25. The Hall–Kier alpha value is -1.82. The molecule has 24 heavy (non-hydrogen) atoms. The molecule has 3 rings (SSSR count). The molecule has 2 aliphatic rings. The van der Waals surface area contributed by atoms with Crippen LogP contribution in [0.1, 0.15) is 37.7 Å². The van der Waals surface area contributed by atoms with Crippen molar-refractivity contribution in [2.24, 2.45) is 5.92 Å². The first-order chi connectivity index (χ1) is 11.5. The minimum absolute atomic E-state index is 0.0758. The Morgan fingerprint density at radius 1 is 1.17 bits per heavy atom. The molecular formula is C18H24N2O3S. The summed E-state index contributed by atoms with van der Waals surface area (Å²) in [6, 6.07) is 7.26. The zero-order chi connectivity index (χ0) is 17.0. The molecule has 1 aliphatic heterocycles. The van der Waals surface area contributed by atoms with E-state index in [-0.39, 0.29) is 11.7 Å². The summed E-state index contributed by atoms with van der Waals surface area (Å²) < 4.78 is 25.3. The molecule has 1 heterocycles. The van der Waals surface area contributed by atoms with E-state index in [0.29, 0.717) is 24.6 Å². The number of hydrogen-bond acceptors (Lipinski definition) is 3. The highest BCUT2D eigenvalue weighted by molar-refractivity contribution is 7.93.